The summed E-state index contributed by atoms with van der Waals surface area (Å²) < 4.78 is 5.05. The van der Waals surface area contributed by atoms with E-state index in [-0.39, 0.29) is 36.7 Å². The first kappa shape index (κ1) is 21.6. The predicted octanol–water partition coefficient (Wildman–Crippen LogP) is 4.30. The number of anilines is 1. The lowest BCUT2D eigenvalue weighted by Gasteiger charge is -2.22. The van der Waals surface area contributed by atoms with Crippen molar-refractivity contribution in [3.05, 3.63) is 51.8 Å². The topological polar surface area (TPSA) is 91.5 Å². The van der Waals surface area contributed by atoms with Gasteiger partial charge in [0.1, 0.15) is 5.69 Å². The summed E-state index contributed by atoms with van der Waals surface area (Å²) in [5.74, 6) is -0.678. The monoisotopic (exact) mass is 411 g/mol. The highest BCUT2D eigenvalue weighted by Gasteiger charge is 2.35. The maximum Gasteiger partial charge on any atom is 0.355 e. The van der Waals surface area contributed by atoms with E-state index < -0.39 is 5.97 Å². The Balaban J connectivity index is 1.77. The molecule has 1 aliphatic carbocycles. The number of benzene rings is 1. The van der Waals surface area contributed by atoms with Gasteiger partial charge in [-0.05, 0) is 76.3 Å². The number of nitrogens with one attached hydrogen (secondary N) is 2. The summed E-state index contributed by atoms with van der Waals surface area (Å²) in [6.45, 7) is 9.43. The molecule has 0 saturated heterocycles. The van der Waals surface area contributed by atoms with Crippen LogP contribution >= 0.6 is 0 Å². The second kappa shape index (κ2) is 8.73. The van der Waals surface area contributed by atoms with Crippen molar-refractivity contribution < 1.29 is 19.1 Å². The summed E-state index contributed by atoms with van der Waals surface area (Å²) in [6.07, 6.45) is 1.76. The van der Waals surface area contributed by atoms with Crippen molar-refractivity contribution in [1.29, 1.82) is 0 Å². The number of aromatic amines is 1. The minimum absolute atomic E-state index is 0.0385. The molecule has 1 fully saturated rings. The highest BCUT2D eigenvalue weighted by atomic mass is 16.5. The summed E-state index contributed by atoms with van der Waals surface area (Å²) in [6, 6.07) is 5.52. The maximum absolute atomic E-state index is 13.1. The van der Waals surface area contributed by atoms with Crippen molar-refractivity contribution >= 4 is 23.5 Å². The van der Waals surface area contributed by atoms with Gasteiger partial charge in [-0.15, -0.1) is 0 Å². The van der Waals surface area contributed by atoms with Gasteiger partial charge in [-0.1, -0.05) is 6.07 Å². The van der Waals surface area contributed by atoms with Crippen molar-refractivity contribution in [3.8, 4) is 0 Å². The molecule has 0 bridgehead atoms. The van der Waals surface area contributed by atoms with Crippen LogP contribution in [-0.4, -0.2) is 46.9 Å². The molecule has 0 aliphatic heterocycles. The van der Waals surface area contributed by atoms with Crippen molar-refractivity contribution in [3.63, 3.8) is 0 Å². The summed E-state index contributed by atoms with van der Waals surface area (Å²) in [5.41, 5.74) is 4.84. The molecule has 1 aromatic carbocycles. The molecule has 7 heteroatoms. The van der Waals surface area contributed by atoms with Gasteiger partial charge in [0, 0.05) is 23.0 Å². The van der Waals surface area contributed by atoms with Crippen molar-refractivity contribution in [2.45, 2.75) is 53.5 Å². The fourth-order valence-electron chi connectivity index (χ4n) is 3.58. The molecule has 1 aromatic heterocycles. The van der Waals surface area contributed by atoms with Crippen LogP contribution in [0.25, 0.3) is 0 Å². The maximum atomic E-state index is 13.1. The van der Waals surface area contributed by atoms with Crippen LogP contribution in [0, 0.1) is 27.7 Å². The van der Waals surface area contributed by atoms with Crippen molar-refractivity contribution in [2.24, 2.45) is 0 Å². The van der Waals surface area contributed by atoms with Gasteiger partial charge < -0.3 is 19.9 Å². The Kier molecular flexibility index (Phi) is 6.29. The second-order valence-corrected chi connectivity index (χ2v) is 7.86. The number of ether oxygens (including phenoxy) is 1. The number of hydrogen-bond acceptors (Lipinski definition) is 4. The lowest BCUT2D eigenvalue weighted by molar-refractivity contribution is 0.0519. The number of carbonyl (C=O) groups excluding carboxylic acids is 3. The number of esters is 1. The highest BCUT2D eigenvalue weighted by molar-refractivity contribution is 6.05. The van der Waals surface area contributed by atoms with Gasteiger partial charge in [-0.3, -0.25) is 4.79 Å². The van der Waals surface area contributed by atoms with Crippen LogP contribution in [0.1, 0.15) is 63.0 Å². The predicted molar refractivity (Wildman–Crippen MR) is 115 cm³/mol. The van der Waals surface area contributed by atoms with Crippen LogP contribution in [0.5, 0.6) is 0 Å². The molecule has 30 heavy (non-hydrogen) atoms. The third-order valence-corrected chi connectivity index (χ3v) is 5.52. The Hall–Kier alpha value is -3.09. The molecule has 7 nitrogen and oxygen atoms in total. The fourth-order valence-corrected chi connectivity index (χ4v) is 3.58. The molecule has 2 N–H and O–H groups in total. The average molecular weight is 412 g/mol. The molecule has 0 atom stereocenters. The minimum Gasteiger partial charge on any atom is -0.461 e. The molecule has 0 spiro atoms. The molecule has 160 valence electrons. The minimum atomic E-state index is -0.483. The van der Waals surface area contributed by atoms with Gasteiger partial charge in [0.05, 0.1) is 13.2 Å². The number of nitrogens with zero attached hydrogens (tertiary/aromatic N) is 1. The van der Waals surface area contributed by atoms with E-state index in [1.807, 2.05) is 32.0 Å². The quantitative estimate of drug-likeness (QED) is 0.525. The van der Waals surface area contributed by atoms with Gasteiger partial charge in [0.25, 0.3) is 0 Å². The zero-order valence-corrected chi connectivity index (χ0v) is 18.2. The zero-order valence-electron chi connectivity index (χ0n) is 18.2. The Labute approximate surface area is 176 Å². The number of Topliss-reactive ketones (excluding diaryl/α,β-unsaturated/α-hetero) is 1. The Morgan fingerprint density at radius 2 is 1.83 bits per heavy atom. The van der Waals surface area contributed by atoms with Crippen LogP contribution in [0.15, 0.2) is 18.2 Å². The first-order valence-corrected chi connectivity index (χ1v) is 10.3. The number of rotatable bonds is 7. The summed E-state index contributed by atoms with van der Waals surface area (Å²) in [7, 11) is 0. The van der Waals surface area contributed by atoms with Crippen LogP contribution < -0.4 is 5.32 Å². The molecule has 3 rings (SSSR count). The van der Waals surface area contributed by atoms with E-state index in [1.54, 1.807) is 25.7 Å². The SMILES string of the molecule is CCOC(=O)c1[nH]c(C)c(C(=O)CN(C(=O)Nc2ccc(C)c(C)c2)C2CC2)c1C. The first-order valence-electron chi connectivity index (χ1n) is 10.3. The molecule has 0 radical (unpaired) electrons. The molecule has 1 aliphatic rings. The number of aryl methyl sites for hydroxylation is 3. The van der Waals surface area contributed by atoms with Gasteiger partial charge in [0.2, 0.25) is 0 Å². The van der Waals surface area contributed by atoms with Crippen molar-refractivity contribution in [1.82, 2.24) is 9.88 Å². The standard InChI is InChI=1S/C23H29N3O4/c1-6-30-22(28)21-15(4)20(16(5)24-21)19(27)12-26(18-9-10-18)23(29)25-17-8-7-13(2)14(3)11-17/h7-8,11,18,24H,6,9-10,12H2,1-5H3,(H,25,29). The fraction of sp³-hybridized carbons (Fsp3) is 0.435. The number of ketones is 1. The number of amides is 2. The third-order valence-electron chi connectivity index (χ3n) is 5.52. The van der Waals surface area contributed by atoms with Gasteiger partial charge in [-0.25, -0.2) is 9.59 Å². The Morgan fingerprint density at radius 1 is 1.13 bits per heavy atom. The van der Waals surface area contributed by atoms with E-state index in [4.69, 9.17) is 4.74 Å². The lowest BCUT2D eigenvalue weighted by atomic mass is 10.1. The van der Waals surface area contributed by atoms with Gasteiger partial charge >= 0.3 is 12.0 Å². The average Bonchev–Trinajstić information content (AvgIpc) is 3.47. The Bertz CT molecular complexity index is 989. The molecular formula is C23H29N3O4. The summed E-state index contributed by atoms with van der Waals surface area (Å²) >= 11 is 0. The van der Waals surface area contributed by atoms with Crippen LogP contribution in [0.4, 0.5) is 10.5 Å². The van der Waals surface area contributed by atoms with Gasteiger partial charge in [0.15, 0.2) is 5.78 Å². The second-order valence-electron chi connectivity index (χ2n) is 7.86. The number of H-pyrrole nitrogens is 1. The van der Waals surface area contributed by atoms with E-state index in [0.29, 0.717) is 22.5 Å². The van der Waals surface area contributed by atoms with E-state index >= 15 is 0 Å². The van der Waals surface area contributed by atoms with E-state index in [0.717, 1.165) is 24.0 Å². The summed E-state index contributed by atoms with van der Waals surface area (Å²) in [4.78, 5) is 42.7. The number of hydrogen-bond donors (Lipinski definition) is 2. The lowest BCUT2D eigenvalue weighted by Crippen LogP contribution is -2.40. The normalized spacial score (nSPS) is 13.1. The summed E-state index contributed by atoms with van der Waals surface area (Å²) in [5, 5.41) is 2.91. The van der Waals surface area contributed by atoms with Gasteiger partial charge in [-0.2, -0.15) is 0 Å². The molecule has 1 heterocycles. The molecule has 2 amide bonds. The molecule has 2 aromatic rings. The smallest absolute Gasteiger partial charge is 0.355 e. The van der Waals surface area contributed by atoms with Crippen LogP contribution in [0.2, 0.25) is 0 Å². The highest BCUT2D eigenvalue weighted by Crippen LogP contribution is 2.29. The van der Waals surface area contributed by atoms with Crippen LogP contribution in [0.3, 0.4) is 0 Å². The zero-order chi connectivity index (χ0) is 22.0. The molecule has 0 unspecified atom stereocenters. The third kappa shape index (κ3) is 4.56. The largest absolute Gasteiger partial charge is 0.461 e. The van der Waals surface area contributed by atoms with Crippen molar-refractivity contribution in [2.75, 3.05) is 18.5 Å². The van der Waals surface area contributed by atoms with E-state index in [1.165, 1.54) is 0 Å². The van der Waals surface area contributed by atoms with Crippen LogP contribution in [-0.2, 0) is 4.74 Å². The van der Waals surface area contributed by atoms with E-state index in [9.17, 15) is 14.4 Å². The Morgan fingerprint density at radius 3 is 2.43 bits per heavy atom. The van der Waals surface area contributed by atoms with E-state index in [2.05, 4.69) is 10.3 Å². The number of urea groups is 1. The molecular weight excluding hydrogens is 382 g/mol. The number of aromatic nitrogens is 1. The molecule has 1 saturated carbocycles. The first-order chi connectivity index (χ1) is 14.2. The number of carbonyl (C=O) groups is 3.